The van der Waals surface area contributed by atoms with Crippen molar-refractivity contribution in [2.24, 2.45) is 5.73 Å². The summed E-state index contributed by atoms with van der Waals surface area (Å²) in [6, 6.07) is 0. The van der Waals surface area contributed by atoms with Crippen molar-refractivity contribution in [3.8, 4) is 5.88 Å². The zero-order valence-electron chi connectivity index (χ0n) is 5.42. The second-order valence-electron chi connectivity index (χ2n) is 1.65. The monoisotopic (exact) mass is 157 g/mol. The Morgan fingerprint density at radius 3 is 3.00 bits per heavy atom. The maximum Gasteiger partial charge on any atom is 0.242 e. The fourth-order valence-electron chi connectivity index (χ4n) is 0.613. The molecule has 1 rings (SSSR count). The number of imidazole rings is 1. The molecule has 10 heavy (non-hydrogen) atoms. The summed E-state index contributed by atoms with van der Waals surface area (Å²) in [4.78, 5) is 6.82. The van der Waals surface area contributed by atoms with E-state index >= 15 is 0 Å². The Labute approximate surface area is 63.4 Å². The van der Waals surface area contributed by atoms with Crippen molar-refractivity contribution < 1.29 is 4.74 Å². The summed E-state index contributed by atoms with van der Waals surface area (Å²) in [7, 11) is 1.51. The van der Waals surface area contributed by atoms with Gasteiger partial charge in [-0.15, -0.1) is 0 Å². The van der Waals surface area contributed by atoms with Crippen molar-refractivity contribution in [3.63, 3.8) is 0 Å². The normalized spacial score (nSPS) is 9.30. The molecule has 3 N–H and O–H groups in total. The van der Waals surface area contributed by atoms with Gasteiger partial charge < -0.3 is 15.5 Å². The molecule has 0 aliphatic rings. The molecule has 1 heterocycles. The Bertz CT molecular complexity index is 245. The van der Waals surface area contributed by atoms with E-state index < -0.39 is 0 Å². The largest absolute Gasteiger partial charge is 0.479 e. The van der Waals surface area contributed by atoms with Gasteiger partial charge in [-0.3, -0.25) is 0 Å². The highest BCUT2D eigenvalue weighted by atomic mass is 32.1. The van der Waals surface area contributed by atoms with E-state index in [1.165, 1.54) is 13.4 Å². The second-order valence-corrected chi connectivity index (χ2v) is 2.09. The van der Waals surface area contributed by atoms with Crippen LogP contribution in [0.1, 0.15) is 5.69 Å². The van der Waals surface area contributed by atoms with Crippen LogP contribution >= 0.6 is 12.2 Å². The Morgan fingerprint density at radius 2 is 2.60 bits per heavy atom. The lowest BCUT2D eigenvalue weighted by Crippen LogP contribution is -2.10. The third-order valence-electron chi connectivity index (χ3n) is 1.04. The minimum atomic E-state index is 0.259. The van der Waals surface area contributed by atoms with Crippen molar-refractivity contribution >= 4 is 17.2 Å². The van der Waals surface area contributed by atoms with E-state index in [9.17, 15) is 0 Å². The molecule has 0 aromatic carbocycles. The maximum absolute atomic E-state index is 5.31. The van der Waals surface area contributed by atoms with Gasteiger partial charge in [-0.05, 0) is 0 Å². The van der Waals surface area contributed by atoms with Crippen LogP contribution in [0.15, 0.2) is 6.33 Å². The number of hydrogen-bond acceptors (Lipinski definition) is 3. The highest BCUT2D eigenvalue weighted by Gasteiger charge is 2.06. The number of hydrogen-bond donors (Lipinski definition) is 2. The molecule has 0 bridgehead atoms. The van der Waals surface area contributed by atoms with Crippen molar-refractivity contribution in [1.29, 1.82) is 0 Å². The van der Waals surface area contributed by atoms with Gasteiger partial charge in [-0.25, -0.2) is 4.98 Å². The first kappa shape index (κ1) is 7.01. The molecule has 1 aromatic heterocycles. The van der Waals surface area contributed by atoms with E-state index in [4.69, 9.17) is 22.7 Å². The van der Waals surface area contributed by atoms with Gasteiger partial charge in [0, 0.05) is 0 Å². The van der Waals surface area contributed by atoms with E-state index in [2.05, 4.69) is 9.97 Å². The molecular weight excluding hydrogens is 150 g/mol. The highest BCUT2D eigenvalue weighted by Crippen LogP contribution is 2.10. The van der Waals surface area contributed by atoms with Crippen LogP contribution in [0.25, 0.3) is 0 Å². The smallest absolute Gasteiger partial charge is 0.242 e. The van der Waals surface area contributed by atoms with Crippen LogP contribution in [0.2, 0.25) is 0 Å². The van der Waals surface area contributed by atoms with Crippen LogP contribution in [0.3, 0.4) is 0 Å². The molecule has 4 nitrogen and oxygen atoms in total. The fourth-order valence-corrected chi connectivity index (χ4v) is 0.759. The van der Waals surface area contributed by atoms with Crippen LogP contribution < -0.4 is 10.5 Å². The van der Waals surface area contributed by atoms with Crippen molar-refractivity contribution in [1.82, 2.24) is 9.97 Å². The van der Waals surface area contributed by atoms with Gasteiger partial charge in [0.15, 0.2) is 0 Å². The summed E-state index contributed by atoms with van der Waals surface area (Å²) in [5, 5.41) is 0. The Morgan fingerprint density at radius 1 is 1.90 bits per heavy atom. The molecule has 5 heteroatoms. The minimum absolute atomic E-state index is 0.259. The van der Waals surface area contributed by atoms with Crippen LogP contribution in [-0.4, -0.2) is 22.1 Å². The lowest BCUT2D eigenvalue weighted by molar-refractivity contribution is 0.399. The Kier molecular flexibility index (Phi) is 1.86. The molecule has 0 aliphatic heterocycles. The number of ether oxygens (including phenoxy) is 1. The van der Waals surface area contributed by atoms with Crippen molar-refractivity contribution in [2.45, 2.75) is 0 Å². The number of aromatic nitrogens is 2. The molecule has 0 saturated heterocycles. The third kappa shape index (κ3) is 1.08. The summed E-state index contributed by atoms with van der Waals surface area (Å²) < 4.78 is 4.84. The van der Waals surface area contributed by atoms with Gasteiger partial charge in [-0.1, -0.05) is 12.2 Å². The number of methoxy groups -OCH3 is 1. The standard InChI is InChI=1S/C5H7N3OS/c1-9-5-3(4(6)10)7-2-8-5/h2H,1H3,(H2,6,10)(H,7,8). The van der Waals surface area contributed by atoms with E-state index in [0.29, 0.717) is 11.6 Å². The molecule has 0 saturated carbocycles. The average molecular weight is 157 g/mol. The molecule has 0 radical (unpaired) electrons. The van der Waals surface area contributed by atoms with Crippen LogP contribution in [0.4, 0.5) is 0 Å². The number of nitrogens with one attached hydrogen (secondary N) is 1. The van der Waals surface area contributed by atoms with E-state index in [-0.39, 0.29) is 4.99 Å². The maximum atomic E-state index is 5.31. The molecule has 0 fully saturated rings. The first-order chi connectivity index (χ1) is 4.75. The van der Waals surface area contributed by atoms with Crippen LogP contribution in [0.5, 0.6) is 5.88 Å². The Balaban J connectivity index is 3.01. The molecule has 0 amide bonds. The second kappa shape index (κ2) is 2.66. The van der Waals surface area contributed by atoms with E-state index in [1.807, 2.05) is 0 Å². The van der Waals surface area contributed by atoms with Gasteiger partial charge in [0.05, 0.1) is 13.4 Å². The molecule has 0 spiro atoms. The van der Waals surface area contributed by atoms with Gasteiger partial charge in [0.1, 0.15) is 10.7 Å². The zero-order chi connectivity index (χ0) is 7.56. The minimum Gasteiger partial charge on any atom is -0.479 e. The lowest BCUT2D eigenvalue weighted by Gasteiger charge is -1.95. The molecule has 1 aromatic rings. The first-order valence-corrected chi connectivity index (χ1v) is 3.03. The number of nitrogens with zero attached hydrogens (tertiary/aromatic N) is 1. The summed E-state index contributed by atoms with van der Waals surface area (Å²) in [5.74, 6) is 0.438. The van der Waals surface area contributed by atoms with Gasteiger partial charge in [-0.2, -0.15) is 0 Å². The molecule has 0 atom stereocenters. The van der Waals surface area contributed by atoms with Crippen molar-refractivity contribution in [2.75, 3.05) is 7.11 Å². The zero-order valence-corrected chi connectivity index (χ0v) is 6.23. The van der Waals surface area contributed by atoms with E-state index in [0.717, 1.165) is 0 Å². The Hall–Kier alpha value is -1.10. The third-order valence-corrected chi connectivity index (χ3v) is 1.25. The summed E-state index contributed by atoms with van der Waals surface area (Å²) in [6.07, 6.45) is 1.48. The predicted molar refractivity (Wildman–Crippen MR) is 41.0 cm³/mol. The van der Waals surface area contributed by atoms with Crippen LogP contribution in [-0.2, 0) is 0 Å². The summed E-state index contributed by atoms with van der Waals surface area (Å²) in [6.45, 7) is 0. The van der Waals surface area contributed by atoms with Crippen LogP contribution in [0, 0.1) is 0 Å². The number of aromatic amines is 1. The highest BCUT2D eigenvalue weighted by molar-refractivity contribution is 7.80. The summed E-state index contributed by atoms with van der Waals surface area (Å²) >= 11 is 4.70. The van der Waals surface area contributed by atoms with Crippen molar-refractivity contribution in [3.05, 3.63) is 12.0 Å². The number of rotatable bonds is 2. The molecule has 54 valence electrons. The van der Waals surface area contributed by atoms with Gasteiger partial charge >= 0.3 is 0 Å². The molecule has 0 aliphatic carbocycles. The lowest BCUT2D eigenvalue weighted by atomic mass is 10.5. The SMILES string of the molecule is COc1nc[nH]c1C(N)=S. The van der Waals surface area contributed by atoms with E-state index in [1.54, 1.807) is 0 Å². The average Bonchev–Trinajstić information content (AvgIpc) is 2.33. The topological polar surface area (TPSA) is 63.9 Å². The number of nitrogens with two attached hydrogens (primary N) is 1. The molecular formula is C5H7N3OS. The summed E-state index contributed by atoms with van der Waals surface area (Å²) in [5.41, 5.74) is 5.88. The number of thiocarbonyl (C=S) groups is 1. The quantitative estimate of drug-likeness (QED) is 0.595. The number of H-pyrrole nitrogens is 1. The van der Waals surface area contributed by atoms with Gasteiger partial charge in [0.2, 0.25) is 5.88 Å². The first-order valence-electron chi connectivity index (χ1n) is 2.63. The molecule has 0 unspecified atom stereocenters. The predicted octanol–water partition coefficient (Wildman–Crippen LogP) is 0.0525. The van der Waals surface area contributed by atoms with Gasteiger partial charge in [0.25, 0.3) is 0 Å². The fraction of sp³-hybridized carbons (Fsp3) is 0.200.